The highest BCUT2D eigenvalue weighted by Crippen LogP contribution is 2.29. The molecule has 1 heterocycles. The average Bonchev–Trinajstić information content (AvgIpc) is 2.56. The van der Waals surface area contributed by atoms with Gasteiger partial charge in [-0.25, -0.2) is 9.97 Å². The average molecular weight is 441 g/mol. The van der Waals surface area contributed by atoms with E-state index in [1.807, 2.05) is 13.0 Å². The molecule has 0 bridgehead atoms. The fourth-order valence-electron chi connectivity index (χ4n) is 2.47. The molecule has 0 spiro atoms. The van der Waals surface area contributed by atoms with E-state index in [0.717, 1.165) is 21.4 Å². The van der Waals surface area contributed by atoms with Gasteiger partial charge in [0.2, 0.25) is 5.95 Å². The van der Waals surface area contributed by atoms with Crippen LogP contribution in [0, 0.1) is 6.92 Å². The summed E-state index contributed by atoms with van der Waals surface area (Å²) < 4.78 is 5.88. The highest BCUT2D eigenvalue weighted by molar-refractivity contribution is 9.10. The van der Waals surface area contributed by atoms with Crippen LogP contribution in [-0.4, -0.2) is 22.5 Å². The lowest BCUT2D eigenvalue weighted by Crippen LogP contribution is -2.08. The molecule has 7 heteroatoms. The second-order valence-electron chi connectivity index (χ2n) is 6.23. The maximum atomic E-state index is 11.5. The minimum Gasteiger partial charge on any atom is -0.466 e. The van der Waals surface area contributed by atoms with E-state index in [1.54, 1.807) is 6.92 Å². The Morgan fingerprint density at radius 1 is 1.35 bits per heavy atom. The Hall–Kier alpha value is -1.66. The predicted molar refractivity (Wildman–Crippen MR) is 108 cm³/mol. The molecule has 2 aromatic rings. The van der Waals surface area contributed by atoms with Crippen molar-refractivity contribution < 1.29 is 9.53 Å². The summed E-state index contributed by atoms with van der Waals surface area (Å²) in [5, 5.41) is 3.53. The fraction of sp³-hybridized carbons (Fsp3) is 0.421. The zero-order valence-electron chi connectivity index (χ0n) is 15.4. The van der Waals surface area contributed by atoms with Crippen molar-refractivity contribution >= 4 is 45.1 Å². The lowest BCUT2D eigenvalue weighted by Gasteiger charge is -2.13. The van der Waals surface area contributed by atoms with Gasteiger partial charge >= 0.3 is 5.97 Å². The predicted octanol–water partition coefficient (Wildman–Crippen LogP) is 5.56. The van der Waals surface area contributed by atoms with E-state index in [2.05, 4.69) is 57.2 Å². The zero-order chi connectivity index (χ0) is 19.3. The molecule has 1 aromatic carbocycles. The number of hydrogen-bond donors (Lipinski definition) is 1. The first kappa shape index (κ1) is 20.6. The highest BCUT2D eigenvalue weighted by atomic mass is 79.9. The topological polar surface area (TPSA) is 64.1 Å². The van der Waals surface area contributed by atoms with Crippen molar-refractivity contribution in [2.24, 2.45) is 0 Å². The molecule has 26 heavy (non-hydrogen) atoms. The number of anilines is 2. The van der Waals surface area contributed by atoms with Crippen molar-refractivity contribution in [1.29, 1.82) is 0 Å². The van der Waals surface area contributed by atoms with E-state index in [9.17, 15) is 4.79 Å². The van der Waals surface area contributed by atoms with Gasteiger partial charge in [0.05, 0.1) is 12.3 Å². The Labute approximate surface area is 167 Å². The minimum atomic E-state index is -0.251. The Kier molecular flexibility index (Phi) is 7.41. The number of rotatable bonds is 7. The number of hydrogen-bond acceptors (Lipinski definition) is 5. The van der Waals surface area contributed by atoms with Crippen LogP contribution in [0.1, 0.15) is 49.9 Å². The lowest BCUT2D eigenvalue weighted by molar-refractivity contribution is -0.143. The Balaban J connectivity index is 2.16. The third-order valence-corrected chi connectivity index (χ3v) is 4.92. The van der Waals surface area contributed by atoms with Gasteiger partial charge in [-0.3, -0.25) is 4.79 Å². The summed E-state index contributed by atoms with van der Waals surface area (Å²) in [6.45, 7) is 8.31. The molecule has 0 amide bonds. The third-order valence-electron chi connectivity index (χ3n) is 3.95. The first-order chi connectivity index (χ1) is 12.3. The second kappa shape index (κ2) is 9.33. The van der Waals surface area contributed by atoms with E-state index >= 15 is 0 Å². The number of carbonyl (C=O) groups is 1. The van der Waals surface area contributed by atoms with E-state index in [0.29, 0.717) is 30.0 Å². The Morgan fingerprint density at radius 2 is 2.08 bits per heavy atom. The number of aryl methyl sites for hydroxylation is 1. The van der Waals surface area contributed by atoms with Crippen LogP contribution in [0.3, 0.4) is 0 Å². The number of nitrogens with zero attached hydrogens (tertiary/aromatic N) is 2. The lowest BCUT2D eigenvalue weighted by atomic mass is 10.0. The molecule has 140 valence electrons. The second-order valence-corrected chi connectivity index (χ2v) is 7.44. The summed E-state index contributed by atoms with van der Waals surface area (Å²) in [5.41, 5.74) is 3.61. The van der Waals surface area contributed by atoms with Crippen LogP contribution >= 0.6 is 27.5 Å². The summed E-state index contributed by atoms with van der Waals surface area (Å²) in [4.78, 5) is 20.3. The normalized spacial score (nSPS) is 10.9. The number of benzene rings is 1. The Morgan fingerprint density at radius 3 is 2.65 bits per heavy atom. The zero-order valence-corrected chi connectivity index (χ0v) is 17.7. The SMILES string of the molecule is CCOC(=O)CCc1c(C)nc(Nc2ccc(C(C)C)cc2Br)nc1Cl. The molecular weight excluding hydrogens is 418 g/mol. The summed E-state index contributed by atoms with van der Waals surface area (Å²) in [6, 6.07) is 6.13. The van der Waals surface area contributed by atoms with Crippen LogP contribution in [0.5, 0.6) is 0 Å². The summed E-state index contributed by atoms with van der Waals surface area (Å²) in [5.74, 6) is 0.622. The largest absolute Gasteiger partial charge is 0.466 e. The Bertz CT molecular complexity index is 773. The van der Waals surface area contributed by atoms with Gasteiger partial charge in [-0.15, -0.1) is 0 Å². The highest BCUT2D eigenvalue weighted by Gasteiger charge is 2.13. The van der Waals surface area contributed by atoms with Crippen molar-refractivity contribution in [3.63, 3.8) is 0 Å². The number of nitrogens with one attached hydrogen (secondary N) is 1. The molecule has 0 unspecified atom stereocenters. The van der Waals surface area contributed by atoms with Crippen molar-refractivity contribution in [3.8, 4) is 0 Å². The number of carbonyl (C=O) groups excluding carboxylic acids is 1. The van der Waals surface area contributed by atoms with Gasteiger partial charge in [0.15, 0.2) is 0 Å². The molecule has 0 radical (unpaired) electrons. The van der Waals surface area contributed by atoms with Crippen LogP contribution in [0.2, 0.25) is 5.15 Å². The van der Waals surface area contributed by atoms with Crippen molar-refractivity contribution in [1.82, 2.24) is 9.97 Å². The van der Waals surface area contributed by atoms with Crippen molar-refractivity contribution in [3.05, 3.63) is 44.6 Å². The first-order valence-electron chi connectivity index (χ1n) is 8.56. The standard InChI is InChI=1S/C19H23BrClN3O2/c1-5-26-17(25)9-7-14-12(4)22-19(24-18(14)21)23-16-8-6-13(11(2)3)10-15(16)20/h6,8,10-11H,5,7,9H2,1-4H3,(H,22,23,24). The van der Waals surface area contributed by atoms with E-state index < -0.39 is 0 Å². The molecular formula is C19H23BrClN3O2. The van der Waals surface area contributed by atoms with Gasteiger partial charge in [0.1, 0.15) is 5.15 Å². The van der Waals surface area contributed by atoms with Gasteiger partial charge in [-0.1, -0.05) is 31.5 Å². The number of ether oxygens (including phenoxy) is 1. The van der Waals surface area contributed by atoms with Gasteiger partial charge in [0, 0.05) is 22.2 Å². The van der Waals surface area contributed by atoms with E-state index in [1.165, 1.54) is 5.56 Å². The van der Waals surface area contributed by atoms with Gasteiger partial charge in [-0.2, -0.15) is 0 Å². The van der Waals surface area contributed by atoms with E-state index in [4.69, 9.17) is 16.3 Å². The summed E-state index contributed by atoms with van der Waals surface area (Å²) in [7, 11) is 0. The van der Waals surface area contributed by atoms with Gasteiger partial charge in [0.25, 0.3) is 0 Å². The van der Waals surface area contributed by atoms with Crippen LogP contribution in [-0.2, 0) is 16.0 Å². The molecule has 0 saturated heterocycles. The maximum absolute atomic E-state index is 11.5. The molecule has 0 aliphatic rings. The monoisotopic (exact) mass is 439 g/mol. The van der Waals surface area contributed by atoms with Crippen LogP contribution in [0.4, 0.5) is 11.6 Å². The van der Waals surface area contributed by atoms with Gasteiger partial charge < -0.3 is 10.1 Å². The van der Waals surface area contributed by atoms with Crippen LogP contribution in [0.15, 0.2) is 22.7 Å². The quantitative estimate of drug-likeness (QED) is 0.451. The summed E-state index contributed by atoms with van der Waals surface area (Å²) in [6.07, 6.45) is 0.712. The molecule has 5 nitrogen and oxygen atoms in total. The smallest absolute Gasteiger partial charge is 0.306 e. The first-order valence-corrected chi connectivity index (χ1v) is 9.74. The fourth-order valence-corrected chi connectivity index (χ4v) is 3.28. The maximum Gasteiger partial charge on any atom is 0.306 e. The minimum absolute atomic E-state index is 0.251. The molecule has 0 fully saturated rings. The molecule has 0 aliphatic carbocycles. The van der Waals surface area contributed by atoms with Gasteiger partial charge in [-0.05, 0) is 59.8 Å². The molecule has 1 N–H and O–H groups in total. The number of halogens is 2. The number of esters is 1. The van der Waals surface area contributed by atoms with Crippen molar-refractivity contribution in [2.75, 3.05) is 11.9 Å². The van der Waals surface area contributed by atoms with Crippen LogP contribution in [0.25, 0.3) is 0 Å². The summed E-state index contributed by atoms with van der Waals surface area (Å²) >= 11 is 9.89. The molecule has 0 aliphatic heterocycles. The third kappa shape index (κ3) is 5.42. The molecule has 0 saturated carbocycles. The van der Waals surface area contributed by atoms with Crippen LogP contribution < -0.4 is 5.32 Å². The van der Waals surface area contributed by atoms with E-state index in [-0.39, 0.29) is 12.4 Å². The molecule has 1 aromatic heterocycles. The van der Waals surface area contributed by atoms with Crippen molar-refractivity contribution in [2.45, 2.75) is 46.5 Å². The number of aromatic nitrogens is 2. The molecule has 0 atom stereocenters. The molecule has 2 rings (SSSR count).